The zero-order valence-electron chi connectivity index (χ0n) is 24.1. The van der Waals surface area contributed by atoms with Crippen molar-refractivity contribution < 1.29 is 32.3 Å². The fraction of sp³-hybridized carbons (Fsp3) is 0.576. The van der Waals surface area contributed by atoms with Crippen LogP contribution in [0, 0.1) is 23.7 Å². The maximum Gasteiger partial charge on any atom is 0.416 e. The SMILES string of the molecule is CCC(CC(C)=O)C(C(=O)CCCCC1=CCC2CC=C(c3ccoc3)C=C(C(F)(F)F)C2=CCC1C)C(C)O. The molecule has 0 fully saturated rings. The number of unbranched alkanes of at least 4 members (excludes halogenated alkanes) is 1. The average Bonchev–Trinajstić information content (AvgIpc) is 3.34. The quantitative estimate of drug-likeness (QED) is 0.205. The monoisotopic (exact) mass is 560 g/mol. The molecule has 1 aromatic heterocycles. The molecule has 0 saturated carbocycles. The molecule has 5 atom stereocenters. The fourth-order valence-corrected chi connectivity index (χ4v) is 6.20. The number of aliphatic hydroxyl groups excluding tert-OH is 1. The minimum atomic E-state index is -4.45. The molecule has 2 aliphatic carbocycles. The molecule has 220 valence electrons. The first-order valence-corrected chi connectivity index (χ1v) is 14.5. The highest BCUT2D eigenvalue weighted by atomic mass is 19.4. The average molecular weight is 561 g/mol. The van der Waals surface area contributed by atoms with Crippen LogP contribution < -0.4 is 0 Å². The van der Waals surface area contributed by atoms with Crippen LogP contribution in [0.5, 0.6) is 0 Å². The van der Waals surface area contributed by atoms with Crippen LogP contribution >= 0.6 is 0 Å². The summed E-state index contributed by atoms with van der Waals surface area (Å²) in [4.78, 5) is 24.7. The van der Waals surface area contributed by atoms with Crippen molar-refractivity contribution in [2.75, 3.05) is 0 Å². The van der Waals surface area contributed by atoms with Gasteiger partial charge < -0.3 is 14.3 Å². The lowest BCUT2D eigenvalue weighted by atomic mass is 9.78. The number of Topliss-reactive ketones (excluding diaryl/α,β-unsaturated/α-hetero) is 2. The molecule has 1 heterocycles. The standard InChI is InChI=1S/C33H43F3O4/c1-5-24(18-22(3)37)32(23(4)38)31(39)9-7-6-8-25-11-12-26-13-14-27(28-16-17-40-20-28)19-30(33(34,35)36)29(26)15-10-21(25)2/h11,14-17,19-21,23-24,26,32,38H,5-10,12-13,18H2,1-4H3. The molecule has 0 bridgehead atoms. The minimum absolute atomic E-state index is 0.000469. The number of carbonyl (C=O) groups is 2. The van der Waals surface area contributed by atoms with E-state index in [9.17, 15) is 27.9 Å². The third-order valence-electron chi connectivity index (χ3n) is 8.43. The largest absolute Gasteiger partial charge is 0.472 e. The fourth-order valence-electron chi connectivity index (χ4n) is 6.20. The van der Waals surface area contributed by atoms with Gasteiger partial charge in [-0.25, -0.2) is 0 Å². The molecule has 40 heavy (non-hydrogen) atoms. The summed E-state index contributed by atoms with van der Waals surface area (Å²) < 4.78 is 47.7. The Hall–Kier alpha value is -2.67. The van der Waals surface area contributed by atoms with Crippen LogP contribution in [-0.4, -0.2) is 29.0 Å². The van der Waals surface area contributed by atoms with E-state index >= 15 is 0 Å². The number of allylic oxidation sites excluding steroid dienone is 8. The van der Waals surface area contributed by atoms with Crippen molar-refractivity contribution in [3.8, 4) is 0 Å². The van der Waals surface area contributed by atoms with E-state index in [1.165, 1.54) is 31.1 Å². The Labute approximate surface area is 236 Å². The maximum absolute atomic E-state index is 14.2. The van der Waals surface area contributed by atoms with E-state index in [1.54, 1.807) is 19.1 Å². The number of fused-ring (bicyclic) bond motifs is 1. The number of halogens is 3. The third kappa shape index (κ3) is 8.42. The molecule has 0 saturated heterocycles. The van der Waals surface area contributed by atoms with Crippen molar-refractivity contribution >= 4 is 17.1 Å². The van der Waals surface area contributed by atoms with Crippen molar-refractivity contribution in [2.45, 2.75) is 97.8 Å². The van der Waals surface area contributed by atoms with Gasteiger partial charge in [0.15, 0.2) is 0 Å². The molecule has 5 unspecified atom stereocenters. The molecule has 1 aromatic rings. The predicted octanol–water partition coefficient (Wildman–Crippen LogP) is 8.59. The molecule has 3 rings (SSSR count). The molecule has 7 heteroatoms. The van der Waals surface area contributed by atoms with Gasteiger partial charge in [-0.1, -0.05) is 44.1 Å². The zero-order valence-corrected chi connectivity index (χ0v) is 24.1. The highest BCUT2D eigenvalue weighted by molar-refractivity contribution is 5.83. The Morgan fingerprint density at radius 3 is 2.45 bits per heavy atom. The molecular weight excluding hydrogens is 517 g/mol. The van der Waals surface area contributed by atoms with Crippen LogP contribution in [-0.2, 0) is 9.59 Å². The molecule has 0 radical (unpaired) electrons. The summed E-state index contributed by atoms with van der Waals surface area (Å²) in [5.41, 5.74) is 2.18. The zero-order chi connectivity index (χ0) is 29.4. The second-order valence-electron chi connectivity index (χ2n) is 11.5. The summed E-state index contributed by atoms with van der Waals surface area (Å²) in [6.07, 6.45) is 9.82. The van der Waals surface area contributed by atoms with Gasteiger partial charge in [-0.3, -0.25) is 4.79 Å². The summed E-state index contributed by atoms with van der Waals surface area (Å²) in [6.45, 7) is 7.12. The Morgan fingerprint density at radius 2 is 1.85 bits per heavy atom. The van der Waals surface area contributed by atoms with E-state index in [-0.39, 0.29) is 29.3 Å². The van der Waals surface area contributed by atoms with Gasteiger partial charge in [0, 0.05) is 24.3 Å². The number of alkyl halides is 3. The van der Waals surface area contributed by atoms with Crippen LogP contribution in [0.25, 0.3) is 5.57 Å². The molecule has 2 aliphatic rings. The van der Waals surface area contributed by atoms with Gasteiger partial charge in [-0.05, 0) is 93.4 Å². The van der Waals surface area contributed by atoms with Gasteiger partial charge in [-0.15, -0.1) is 0 Å². The molecule has 4 nitrogen and oxygen atoms in total. The van der Waals surface area contributed by atoms with Crippen molar-refractivity contribution in [3.63, 3.8) is 0 Å². The third-order valence-corrected chi connectivity index (χ3v) is 8.43. The highest BCUT2D eigenvalue weighted by Crippen LogP contribution is 2.43. The smallest absolute Gasteiger partial charge is 0.416 e. The van der Waals surface area contributed by atoms with E-state index in [1.807, 2.05) is 19.9 Å². The number of rotatable bonds is 12. The molecule has 0 spiro atoms. The number of carbonyl (C=O) groups excluding carboxylic acids is 2. The van der Waals surface area contributed by atoms with Crippen LogP contribution in [0.4, 0.5) is 13.2 Å². The highest BCUT2D eigenvalue weighted by Gasteiger charge is 2.39. The van der Waals surface area contributed by atoms with Crippen molar-refractivity contribution in [3.05, 3.63) is 65.2 Å². The van der Waals surface area contributed by atoms with Gasteiger partial charge in [0.05, 0.1) is 24.2 Å². The van der Waals surface area contributed by atoms with Crippen LogP contribution in [0.1, 0.15) is 91.0 Å². The van der Waals surface area contributed by atoms with E-state index in [2.05, 4.69) is 6.08 Å². The summed E-state index contributed by atoms with van der Waals surface area (Å²) in [5, 5.41) is 10.3. The molecule has 0 amide bonds. The van der Waals surface area contributed by atoms with Crippen molar-refractivity contribution in [2.24, 2.45) is 23.7 Å². The molecule has 0 aromatic carbocycles. The van der Waals surface area contributed by atoms with Crippen molar-refractivity contribution in [1.82, 2.24) is 0 Å². The normalized spacial score (nSPS) is 22.3. The van der Waals surface area contributed by atoms with Crippen LogP contribution in [0.15, 0.2) is 64.0 Å². The number of furan rings is 1. The van der Waals surface area contributed by atoms with Gasteiger partial charge in [-0.2, -0.15) is 13.2 Å². The second-order valence-corrected chi connectivity index (χ2v) is 11.5. The van der Waals surface area contributed by atoms with E-state index in [0.29, 0.717) is 61.7 Å². The lowest BCUT2D eigenvalue weighted by Gasteiger charge is -2.27. The lowest BCUT2D eigenvalue weighted by molar-refractivity contribution is -0.129. The van der Waals surface area contributed by atoms with Gasteiger partial charge in [0.2, 0.25) is 0 Å². The minimum Gasteiger partial charge on any atom is -0.472 e. The van der Waals surface area contributed by atoms with E-state index in [4.69, 9.17) is 4.42 Å². The number of aliphatic hydroxyl groups is 1. The summed E-state index contributed by atoms with van der Waals surface area (Å²) in [7, 11) is 0. The first-order chi connectivity index (χ1) is 18.9. The van der Waals surface area contributed by atoms with Crippen LogP contribution in [0.2, 0.25) is 0 Å². The number of hydrogen-bond acceptors (Lipinski definition) is 4. The first-order valence-electron chi connectivity index (χ1n) is 14.5. The second kappa shape index (κ2) is 14.3. The van der Waals surface area contributed by atoms with E-state index in [0.717, 1.165) is 12.8 Å². The Kier molecular flexibility index (Phi) is 11.4. The predicted molar refractivity (Wildman–Crippen MR) is 151 cm³/mol. The number of ketones is 2. The Morgan fingerprint density at radius 1 is 1.12 bits per heavy atom. The van der Waals surface area contributed by atoms with Crippen molar-refractivity contribution in [1.29, 1.82) is 0 Å². The maximum atomic E-state index is 14.2. The van der Waals surface area contributed by atoms with Gasteiger partial charge in [0.1, 0.15) is 11.6 Å². The van der Waals surface area contributed by atoms with E-state index < -0.39 is 23.8 Å². The molecule has 1 N–H and O–H groups in total. The summed E-state index contributed by atoms with van der Waals surface area (Å²) in [6, 6.07) is 1.68. The van der Waals surface area contributed by atoms with Gasteiger partial charge >= 0.3 is 6.18 Å². The Bertz CT molecular complexity index is 1130. The first kappa shape index (κ1) is 31.9. The topological polar surface area (TPSA) is 67.5 Å². The van der Waals surface area contributed by atoms with Gasteiger partial charge in [0.25, 0.3) is 0 Å². The summed E-state index contributed by atoms with van der Waals surface area (Å²) >= 11 is 0. The van der Waals surface area contributed by atoms with Crippen LogP contribution in [0.3, 0.4) is 0 Å². The molecule has 0 aliphatic heterocycles. The lowest BCUT2D eigenvalue weighted by Crippen LogP contribution is -2.34. The Balaban J connectivity index is 1.67. The molecular formula is C33H43F3O4. The summed E-state index contributed by atoms with van der Waals surface area (Å²) in [5.74, 6) is -0.831. The number of hydrogen-bond donors (Lipinski definition) is 1.